The standard InChI is InChI=1S/C20H24N4O/c1-15-5-2-6-16(13-15)17-14-18(17)20(25)24-10-4-9-23(11-12-24)19-7-3-8-21-22-19/h2-3,5-8,13,17-18H,4,9-12,14H2,1H3/t17-,18+/m0/s1. The van der Waals surface area contributed by atoms with Gasteiger partial charge in [0.1, 0.15) is 0 Å². The lowest BCUT2D eigenvalue weighted by Crippen LogP contribution is -2.36. The second-order valence-corrected chi connectivity index (χ2v) is 7.11. The van der Waals surface area contributed by atoms with Crippen molar-refractivity contribution >= 4 is 11.7 Å². The van der Waals surface area contributed by atoms with Gasteiger partial charge in [-0.3, -0.25) is 4.79 Å². The van der Waals surface area contributed by atoms with Crippen LogP contribution >= 0.6 is 0 Å². The van der Waals surface area contributed by atoms with E-state index >= 15 is 0 Å². The second kappa shape index (κ2) is 6.82. The van der Waals surface area contributed by atoms with Gasteiger partial charge in [0.2, 0.25) is 5.91 Å². The summed E-state index contributed by atoms with van der Waals surface area (Å²) in [4.78, 5) is 17.2. The van der Waals surface area contributed by atoms with E-state index in [1.165, 1.54) is 11.1 Å². The van der Waals surface area contributed by atoms with E-state index in [1.807, 2.05) is 12.1 Å². The molecule has 1 aliphatic carbocycles. The average Bonchev–Trinajstić information content (AvgIpc) is 3.45. The fourth-order valence-corrected chi connectivity index (χ4v) is 3.80. The maximum atomic E-state index is 12.9. The maximum absolute atomic E-state index is 12.9. The summed E-state index contributed by atoms with van der Waals surface area (Å²) < 4.78 is 0. The Morgan fingerprint density at radius 1 is 1.12 bits per heavy atom. The molecule has 5 nitrogen and oxygen atoms in total. The zero-order valence-electron chi connectivity index (χ0n) is 14.6. The highest BCUT2D eigenvalue weighted by molar-refractivity contribution is 5.83. The summed E-state index contributed by atoms with van der Waals surface area (Å²) in [5, 5.41) is 8.16. The fourth-order valence-electron chi connectivity index (χ4n) is 3.80. The third-order valence-electron chi connectivity index (χ3n) is 5.27. The van der Waals surface area contributed by atoms with Gasteiger partial charge in [-0.05, 0) is 43.4 Å². The van der Waals surface area contributed by atoms with Gasteiger partial charge >= 0.3 is 0 Å². The van der Waals surface area contributed by atoms with Crippen LogP contribution < -0.4 is 4.90 Å². The minimum atomic E-state index is 0.171. The third kappa shape index (κ3) is 3.50. The smallest absolute Gasteiger partial charge is 0.226 e. The Morgan fingerprint density at radius 2 is 2.04 bits per heavy atom. The van der Waals surface area contributed by atoms with Crippen molar-refractivity contribution in [1.29, 1.82) is 0 Å². The molecule has 1 aliphatic heterocycles. The van der Waals surface area contributed by atoms with Gasteiger partial charge in [0.15, 0.2) is 5.82 Å². The molecule has 1 saturated carbocycles. The molecule has 1 aromatic heterocycles. The maximum Gasteiger partial charge on any atom is 0.226 e. The first-order valence-corrected chi connectivity index (χ1v) is 9.10. The molecule has 1 amide bonds. The number of carbonyl (C=O) groups excluding carboxylic acids is 1. The van der Waals surface area contributed by atoms with Crippen LogP contribution in [0.25, 0.3) is 0 Å². The lowest BCUT2D eigenvalue weighted by atomic mass is 10.1. The minimum Gasteiger partial charge on any atom is -0.353 e. The topological polar surface area (TPSA) is 49.3 Å². The summed E-state index contributed by atoms with van der Waals surface area (Å²) in [5.41, 5.74) is 2.58. The van der Waals surface area contributed by atoms with Crippen LogP contribution in [-0.4, -0.2) is 47.2 Å². The quantitative estimate of drug-likeness (QED) is 0.864. The van der Waals surface area contributed by atoms with E-state index in [4.69, 9.17) is 0 Å². The number of rotatable bonds is 3. The van der Waals surface area contributed by atoms with Gasteiger partial charge in [-0.15, -0.1) is 5.10 Å². The fraction of sp³-hybridized carbons (Fsp3) is 0.450. The van der Waals surface area contributed by atoms with Gasteiger partial charge in [-0.2, -0.15) is 5.10 Å². The first kappa shape index (κ1) is 16.1. The largest absolute Gasteiger partial charge is 0.353 e. The Morgan fingerprint density at radius 3 is 2.84 bits per heavy atom. The zero-order valence-corrected chi connectivity index (χ0v) is 14.6. The molecule has 2 fully saturated rings. The second-order valence-electron chi connectivity index (χ2n) is 7.11. The molecule has 1 saturated heterocycles. The molecule has 0 radical (unpaired) electrons. The van der Waals surface area contributed by atoms with E-state index < -0.39 is 0 Å². The van der Waals surface area contributed by atoms with Gasteiger partial charge in [-0.25, -0.2) is 0 Å². The Kier molecular flexibility index (Phi) is 4.38. The molecule has 2 heterocycles. The predicted octanol–water partition coefficient (Wildman–Crippen LogP) is 2.63. The van der Waals surface area contributed by atoms with Crippen molar-refractivity contribution in [2.75, 3.05) is 31.1 Å². The molecule has 1 aromatic carbocycles. The number of carbonyl (C=O) groups is 1. The number of benzene rings is 1. The summed E-state index contributed by atoms with van der Waals surface area (Å²) >= 11 is 0. The molecule has 25 heavy (non-hydrogen) atoms. The lowest BCUT2D eigenvalue weighted by molar-refractivity contribution is -0.132. The van der Waals surface area contributed by atoms with Crippen molar-refractivity contribution in [1.82, 2.24) is 15.1 Å². The summed E-state index contributed by atoms with van der Waals surface area (Å²) in [6, 6.07) is 12.5. The highest BCUT2D eigenvalue weighted by Gasteiger charge is 2.45. The number of aryl methyl sites for hydroxylation is 1. The Labute approximate surface area is 148 Å². The number of nitrogens with zero attached hydrogens (tertiary/aromatic N) is 4. The SMILES string of the molecule is Cc1cccc([C@@H]2C[C@H]2C(=O)N2CCCN(c3cccnn3)CC2)c1. The van der Waals surface area contributed by atoms with Crippen molar-refractivity contribution in [3.63, 3.8) is 0 Å². The van der Waals surface area contributed by atoms with Gasteiger partial charge in [-0.1, -0.05) is 29.8 Å². The molecule has 0 unspecified atom stereocenters. The number of hydrogen-bond acceptors (Lipinski definition) is 4. The summed E-state index contributed by atoms with van der Waals surface area (Å²) in [6.07, 6.45) is 3.66. The number of amides is 1. The Hall–Kier alpha value is -2.43. The van der Waals surface area contributed by atoms with Crippen molar-refractivity contribution in [2.24, 2.45) is 5.92 Å². The summed E-state index contributed by atoms with van der Waals surface area (Å²) in [5.74, 6) is 1.81. The van der Waals surface area contributed by atoms with Crippen LogP contribution in [-0.2, 0) is 4.79 Å². The van der Waals surface area contributed by atoms with Gasteiger partial charge in [0.25, 0.3) is 0 Å². The Balaban J connectivity index is 1.37. The molecule has 130 valence electrons. The molecule has 4 rings (SSSR count). The van der Waals surface area contributed by atoms with Crippen molar-refractivity contribution in [2.45, 2.75) is 25.7 Å². The molecule has 0 bridgehead atoms. The third-order valence-corrected chi connectivity index (χ3v) is 5.27. The number of anilines is 1. The molecule has 0 spiro atoms. The summed E-state index contributed by atoms with van der Waals surface area (Å²) in [6.45, 7) is 5.47. The lowest BCUT2D eigenvalue weighted by Gasteiger charge is -2.22. The van der Waals surface area contributed by atoms with Crippen molar-refractivity contribution in [3.8, 4) is 0 Å². The van der Waals surface area contributed by atoms with Crippen LogP contribution in [0.2, 0.25) is 0 Å². The highest BCUT2D eigenvalue weighted by Crippen LogP contribution is 2.48. The van der Waals surface area contributed by atoms with Gasteiger partial charge < -0.3 is 9.80 Å². The monoisotopic (exact) mass is 336 g/mol. The molecule has 2 atom stereocenters. The van der Waals surface area contributed by atoms with E-state index in [9.17, 15) is 4.79 Å². The molecular formula is C20H24N4O. The molecule has 2 aliphatic rings. The molecule has 2 aromatic rings. The van der Waals surface area contributed by atoms with Crippen LogP contribution in [0.3, 0.4) is 0 Å². The first-order chi connectivity index (χ1) is 12.2. The molecular weight excluding hydrogens is 312 g/mol. The van der Waals surface area contributed by atoms with Crippen LogP contribution in [0, 0.1) is 12.8 Å². The predicted molar refractivity (Wildman–Crippen MR) is 97.5 cm³/mol. The van der Waals surface area contributed by atoms with E-state index in [2.05, 4.69) is 51.2 Å². The Bertz CT molecular complexity index is 748. The van der Waals surface area contributed by atoms with E-state index in [0.29, 0.717) is 11.8 Å². The van der Waals surface area contributed by atoms with Crippen LogP contribution in [0.1, 0.15) is 29.9 Å². The normalized spacial score (nSPS) is 23.2. The molecule has 0 N–H and O–H groups in total. The first-order valence-electron chi connectivity index (χ1n) is 9.10. The van der Waals surface area contributed by atoms with Gasteiger partial charge in [0.05, 0.1) is 0 Å². The minimum absolute atomic E-state index is 0.171. The highest BCUT2D eigenvalue weighted by atomic mass is 16.2. The van der Waals surface area contributed by atoms with Crippen LogP contribution in [0.15, 0.2) is 42.6 Å². The summed E-state index contributed by atoms with van der Waals surface area (Å²) in [7, 11) is 0. The van der Waals surface area contributed by atoms with E-state index in [0.717, 1.165) is 44.8 Å². The van der Waals surface area contributed by atoms with E-state index in [-0.39, 0.29) is 5.92 Å². The van der Waals surface area contributed by atoms with Crippen molar-refractivity contribution in [3.05, 3.63) is 53.7 Å². The van der Waals surface area contributed by atoms with E-state index in [1.54, 1.807) is 6.20 Å². The van der Waals surface area contributed by atoms with Crippen molar-refractivity contribution < 1.29 is 4.79 Å². The number of hydrogen-bond donors (Lipinski definition) is 0. The number of aromatic nitrogens is 2. The zero-order chi connectivity index (χ0) is 17.2. The molecule has 5 heteroatoms. The van der Waals surface area contributed by atoms with Gasteiger partial charge in [0, 0.05) is 38.3 Å². The van der Waals surface area contributed by atoms with Crippen LogP contribution in [0.5, 0.6) is 0 Å². The average molecular weight is 336 g/mol. The van der Waals surface area contributed by atoms with Crippen LogP contribution in [0.4, 0.5) is 5.82 Å².